The molecule has 0 radical (unpaired) electrons. The predicted molar refractivity (Wildman–Crippen MR) is 61.0 cm³/mol. The lowest BCUT2D eigenvalue weighted by atomic mass is 10.0. The fourth-order valence-electron chi connectivity index (χ4n) is 1.90. The topological polar surface area (TPSA) is 57.6 Å². The minimum absolute atomic E-state index is 0.0119. The van der Waals surface area contributed by atoms with Gasteiger partial charge in [-0.05, 0) is 20.8 Å². The van der Waals surface area contributed by atoms with Gasteiger partial charge in [0.15, 0.2) is 15.4 Å². The van der Waals surface area contributed by atoms with Gasteiger partial charge in [-0.1, -0.05) is 0 Å². The molecule has 1 N–H and O–H groups in total. The molecule has 0 aromatic heterocycles. The Morgan fingerprint density at radius 2 is 1.83 bits per heavy atom. The van der Waals surface area contributed by atoms with Crippen LogP contribution in [0.5, 0.6) is 0 Å². The fourth-order valence-corrected chi connectivity index (χ4v) is 3.33. The molecular weight excluding hydrogens is 271 g/mol. The van der Waals surface area contributed by atoms with Crippen molar-refractivity contribution in [3.05, 3.63) is 0 Å². The summed E-state index contributed by atoms with van der Waals surface area (Å²) in [5, 5.41) is 9.39. The highest BCUT2D eigenvalue weighted by Gasteiger charge is 2.52. The zero-order valence-corrected chi connectivity index (χ0v) is 11.4. The third kappa shape index (κ3) is 2.97. The van der Waals surface area contributed by atoms with Gasteiger partial charge in [0.2, 0.25) is 0 Å². The summed E-state index contributed by atoms with van der Waals surface area (Å²) in [6.07, 6.45) is -4.73. The van der Waals surface area contributed by atoms with Crippen LogP contribution in [0.25, 0.3) is 0 Å². The average Bonchev–Trinajstić information content (AvgIpc) is 2.09. The first kappa shape index (κ1) is 15.7. The van der Waals surface area contributed by atoms with Crippen LogP contribution in [0, 0.1) is 0 Å². The van der Waals surface area contributed by atoms with Crippen molar-refractivity contribution in [3.8, 4) is 0 Å². The molecule has 0 amide bonds. The fraction of sp³-hybridized carbons (Fsp3) is 1.00. The third-order valence-corrected chi connectivity index (χ3v) is 5.80. The first-order valence-corrected chi connectivity index (χ1v) is 7.17. The summed E-state index contributed by atoms with van der Waals surface area (Å²) in [4.78, 5) is 1.34. The number of hydrogen-bond acceptors (Lipinski definition) is 4. The van der Waals surface area contributed by atoms with Gasteiger partial charge in [-0.2, -0.15) is 13.2 Å². The van der Waals surface area contributed by atoms with Crippen molar-refractivity contribution in [1.82, 2.24) is 4.90 Å². The highest BCUT2D eigenvalue weighted by molar-refractivity contribution is 7.92. The Bertz CT molecular complexity index is 415. The molecule has 1 unspecified atom stereocenters. The number of sulfone groups is 1. The van der Waals surface area contributed by atoms with E-state index in [4.69, 9.17) is 0 Å². The van der Waals surface area contributed by atoms with Crippen molar-refractivity contribution in [3.63, 3.8) is 0 Å². The SMILES string of the molecule is CC(O)(CN1CCS(=O)(=O)C(C)(C)C1)C(F)(F)F. The Hall–Kier alpha value is -0.340. The Morgan fingerprint density at radius 1 is 1.33 bits per heavy atom. The molecule has 1 aliphatic rings. The molecule has 4 nitrogen and oxygen atoms in total. The minimum atomic E-state index is -4.73. The van der Waals surface area contributed by atoms with Crippen molar-refractivity contribution in [1.29, 1.82) is 0 Å². The molecule has 1 atom stereocenters. The van der Waals surface area contributed by atoms with E-state index >= 15 is 0 Å². The maximum absolute atomic E-state index is 12.5. The molecule has 0 aliphatic carbocycles. The summed E-state index contributed by atoms with van der Waals surface area (Å²) in [6.45, 7) is 3.05. The zero-order chi connectivity index (χ0) is 14.4. The standard InChI is InChI=1S/C10H18F3NO3S/c1-8(2)6-14(4-5-18(8,16)17)7-9(3,15)10(11,12)13/h15H,4-7H2,1-3H3. The van der Waals surface area contributed by atoms with E-state index in [0.29, 0.717) is 6.92 Å². The summed E-state index contributed by atoms with van der Waals surface area (Å²) in [6, 6.07) is 0. The summed E-state index contributed by atoms with van der Waals surface area (Å²) in [7, 11) is -3.29. The van der Waals surface area contributed by atoms with Crippen molar-refractivity contribution in [2.75, 3.05) is 25.4 Å². The number of β-amino-alcohol motifs (C(OH)–C–C–N with tert-alkyl or cyclic N) is 1. The van der Waals surface area contributed by atoms with E-state index in [0.717, 1.165) is 0 Å². The van der Waals surface area contributed by atoms with Gasteiger partial charge < -0.3 is 5.11 Å². The normalized spacial score (nSPS) is 27.7. The zero-order valence-electron chi connectivity index (χ0n) is 10.6. The quantitative estimate of drug-likeness (QED) is 0.817. The maximum Gasteiger partial charge on any atom is 0.418 e. The molecule has 0 saturated carbocycles. The van der Waals surface area contributed by atoms with Crippen LogP contribution < -0.4 is 0 Å². The second-order valence-corrected chi connectivity index (χ2v) is 8.30. The number of nitrogens with zero attached hydrogens (tertiary/aromatic N) is 1. The number of halogens is 3. The Labute approximate surface area is 105 Å². The maximum atomic E-state index is 12.5. The first-order valence-electron chi connectivity index (χ1n) is 5.52. The lowest BCUT2D eigenvalue weighted by molar-refractivity contribution is -0.257. The average molecular weight is 289 g/mol. The van der Waals surface area contributed by atoms with Crippen molar-refractivity contribution < 1.29 is 26.7 Å². The molecule has 0 aromatic rings. The molecule has 18 heavy (non-hydrogen) atoms. The number of hydrogen-bond donors (Lipinski definition) is 1. The van der Waals surface area contributed by atoms with E-state index in [2.05, 4.69) is 0 Å². The van der Waals surface area contributed by atoms with Crippen molar-refractivity contribution in [2.24, 2.45) is 0 Å². The monoisotopic (exact) mass is 289 g/mol. The van der Waals surface area contributed by atoms with Crippen molar-refractivity contribution in [2.45, 2.75) is 37.3 Å². The Morgan fingerprint density at radius 3 is 2.22 bits per heavy atom. The number of alkyl halides is 3. The molecule has 1 heterocycles. The lowest BCUT2D eigenvalue weighted by Crippen LogP contribution is -2.59. The van der Waals surface area contributed by atoms with Crippen LogP contribution in [-0.2, 0) is 9.84 Å². The van der Waals surface area contributed by atoms with Gasteiger partial charge in [-0.15, -0.1) is 0 Å². The Balaban J connectivity index is 2.80. The molecule has 0 bridgehead atoms. The van der Waals surface area contributed by atoms with E-state index in [1.54, 1.807) is 0 Å². The van der Waals surface area contributed by atoms with E-state index < -0.39 is 32.9 Å². The van der Waals surface area contributed by atoms with E-state index in [1.807, 2.05) is 0 Å². The number of rotatable bonds is 2. The van der Waals surface area contributed by atoms with Crippen LogP contribution in [0.3, 0.4) is 0 Å². The van der Waals surface area contributed by atoms with Gasteiger partial charge in [0.1, 0.15) is 0 Å². The second kappa shape index (κ2) is 4.35. The summed E-state index contributed by atoms with van der Waals surface area (Å²) < 4.78 is 59.9. The molecule has 108 valence electrons. The van der Waals surface area contributed by atoms with Crippen LogP contribution in [-0.4, -0.2) is 60.3 Å². The van der Waals surface area contributed by atoms with Crippen LogP contribution in [0.15, 0.2) is 0 Å². The molecular formula is C10H18F3NO3S. The van der Waals surface area contributed by atoms with Crippen LogP contribution >= 0.6 is 0 Å². The Kier molecular flexibility index (Phi) is 3.79. The lowest BCUT2D eigenvalue weighted by Gasteiger charge is -2.40. The van der Waals surface area contributed by atoms with E-state index in [1.165, 1.54) is 18.7 Å². The highest BCUT2D eigenvalue weighted by Crippen LogP contribution is 2.32. The van der Waals surface area contributed by atoms with Crippen molar-refractivity contribution >= 4 is 9.84 Å². The second-order valence-electron chi connectivity index (χ2n) is 5.56. The van der Waals surface area contributed by atoms with E-state index in [9.17, 15) is 26.7 Å². The van der Waals surface area contributed by atoms with Gasteiger partial charge in [-0.3, -0.25) is 4.90 Å². The predicted octanol–water partition coefficient (Wildman–Crippen LogP) is 0.809. The molecule has 1 aliphatic heterocycles. The molecule has 1 saturated heterocycles. The molecule has 0 spiro atoms. The molecule has 1 fully saturated rings. The molecule has 0 aromatic carbocycles. The highest BCUT2D eigenvalue weighted by atomic mass is 32.2. The first-order chi connectivity index (χ1) is 7.79. The molecule has 8 heteroatoms. The summed E-state index contributed by atoms with van der Waals surface area (Å²) in [5.74, 6) is -0.187. The van der Waals surface area contributed by atoms with Crippen LogP contribution in [0.1, 0.15) is 20.8 Å². The number of aliphatic hydroxyl groups is 1. The van der Waals surface area contributed by atoms with E-state index in [-0.39, 0.29) is 18.8 Å². The van der Waals surface area contributed by atoms with Gasteiger partial charge in [0, 0.05) is 19.6 Å². The summed E-state index contributed by atoms with van der Waals surface area (Å²) >= 11 is 0. The largest absolute Gasteiger partial charge is 0.418 e. The van der Waals surface area contributed by atoms with Gasteiger partial charge in [0.25, 0.3) is 0 Å². The van der Waals surface area contributed by atoms with Gasteiger partial charge in [0.05, 0.1) is 10.5 Å². The minimum Gasteiger partial charge on any atom is -0.380 e. The van der Waals surface area contributed by atoms with Crippen LogP contribution in [0.4, 0.5) is 13.2 Å². The van der Waals surface area contributed by atoms with Crippen LogP contribution in [0.2, 0.25) is 0 Å². The van der Waals surface area contributed by atoms with Gasteiger partial charge in [-0.25, -0.2) is 8.42 Å². The molecule has 1 rings (SSSR count). The summed E-state index contributed by atoms with van der Waals surface area (Å²) in [5.41, 5.74) is -2.83. The third-order valence-electron chi connectivity index (χ3n) is 3.26. The van der Waals surface area contributed by atoms with Gasteiger partial charge >= 0.3 is 6.18 Å². The smallest absolute Gasteiger partial charge is 0.380 e.